The minimum Gasteiger partial charge on any atom is -0.486 e. The molecule has 0 N–H and O–H groups in total. The summed E-state index contributed by atoms with van der Waals surface area (Å²) in [5.41, 5.74) is 1.84. The van der Waals surface area contributed by atoms with Gasteiger partial charge in [0.15, 0.2) is 11.5 Å². The van der Waals surface area contributed by atoms with Crippen molar-refractivity contribution in [3.63, 3.8) is 0 Å². The molecule has 1 heterocycles. The molecule has 1 aliphatic rings. The van der Waals surface area contributed by atoms with Gasteiger partial charge in [-0.2, -0.15) is 0 Å². The number of amides is 1. The van der Waals surface area contributed by atoms with Gasteiger partial charge < -0.3 is 14.4 Å². The maximum Gasteiger partial charge on any atom is 0.234 e. The second kappa shape index (κ2) is 6.71. The van der Waals surface area contributed by atoms with Gasteiger partial charge in [-0.25, -0.2) is 0 Å². The number of likely N-dealkylation sites (N-methyl/N-ethyl adjacent to an activating group) is 1. The van der Waals surface area contributed by atoms with Crippen molar-refractivity contribution in [1.82, 2.24) is 0 Å². The third kappa shape index (κ3) is 2.88. The molecule has 4 nitrogen and oxygen atoms in total. The van der Waals surface area contributed by atoms with E-state index in [1.54, 1.807) is 4.90 Å². The second-order valence-corrected chi connectivity index (χ2v) is 6.52. The summed E-state index contributed by atoms with van der Waals surface area (Å²) in [5, 5.41) is 2.19. The van der Waals surface area contributed by atoms with Crippen LogP contribution in [0.5, 0.6) is 11.5 Å². The first kappa shape index (κ1) is 16.5. The highest BCUT2D eigenvalue weighted by Crippen LogP contribution is 2.34. The topological polar surface area (TPSA) is 38.8 Å². The van der Waals surface area contributed by atoms with E-state index in [4.69, 9.17) is 9.47 Å². The maximum atomic E-state index is 13.1. The van der Waals surface area contributed by atoms with Crippen molar-refractivity contribution in [2.24, 2.45) is 0 Å². The van der Waals surface area contributed by atoms with E-state index < -0.39 is 0 Å². The molecule has 1 amide bonds. The zero-order valence-corrected chi connectivity index (χ0v) is 14.9. The summed E-state index contributed by atoms with van der Waals surface area (Å²) in [6, 6.07) is 19.9. The van der Waals surface area contributed by atoms with Crippen LogP contribution in [0.3, 0.4) is 0 Å². The highest BCUT2D eigenvalue weighted by atomic mass is 16.6. The Morgan fingerprint density at radius 2 is 1.69 bits per heavy atom. The zero-order valence-electron chi connectivity index (χ0n) is 14.9. The fraction of sp³-hybridized carbons (Fsp3) is 0.227. The summed E-state index contributed by atoms with van der Waals surface area (Å²) in [7, 11) is 1.83. The van der Waals surface area contributed by atoms with Gasteiger partial charge in [0, 0.05) is 12.4 Å². The normalized spacial score (nSPS) is 14.1. The summed E-state index contributed by atoms with van der Waals surface area (Å²) >= 11 is 0. The van der Waals surface area contributed by atoms with Gasteiger partial charge in [-0.05, 0) is 36.1 Å². The number of hydrogen-bond donors (Lipinski definition) is 0. The minimum atomic E-state index is -0.283. The molecule has 0 saturated carbocycles. The van der Waals surface area contributed by atoms with Gasteiger partial charge in [0.2, 0.25) is 5.91 Å². The van der Waals surface area contributed by atoms with Crippen LogP contribution in [0, 0.1) is 0 Å². The highest BCUT2D eigenvalue weighted by molar-refractivity contribution is 6.05. The number of rotatable bonds is 3. The summed E-state index contributed by atoms with van der Waals surface area (Å²) in [5.74, 6) is 1.20. The molecule has 0 aromatic heterocycles. The van der Waals surface area contributed by atoms with E-state index in [9.17, 15) is 4.79 Å². The molecule has 0 saturated heterocycles. The lowest BCUT2D eigenvalue weighted by molar-refractivity contribution is -0.119. The molecule has 1 atom stereocenters. The largest absolute Gasteiger partial charge is 0.486 e. The van der Waals surface area contributed by atoms with Gasteiger partial charge in [-0.15, -0.1) is 0 Å². The Morgan fingerprint density at radius 1 is 0.962 bits per heavy atom. The lowest BCUT2D eigenvalue weighted by atomic mass is 9.98. The Hall–Kier alpha value is -3.01. The molecule has 1 aliphatic heterocycles. The van der Waals surface area contributed by atoms with Crippen molar-refractivity contribution < 1.29 is 14.3 Å². The number of anilines is 1. The first-order valence-electron chi connectivity index (χ1n) is 8.80. The van der Waals surface area contributed by atoms with Crippen LogP contribution >= 0.6 is 0 Å². The average Bonchev–Trinajstić information content (AvgIpc) is 2.71. The van der Waals surface area contributed by atoms with Crippen LogP contribution in [0.2, 0.25) is 0 Å². The Bertz CT molecular complexity index is 961. The van der Waals surface area contributed by atoms with Crippen molar-refractivity contribution in [3.8, 4) is 11.5 Å². The zero-order chi connectivity index (χ0) is 18.1. The highest BCUT2D eigenvalue weighted by Gasteiger charge is 2.23. The monoisotopic (exact) mass is 347 g/mol. The molecular formula is C22H21NO3. The van der Waals surface area contributed by atoms with Gasteiger partial charge in [-0.3, -0.25) is 4.79 Å². The average molecular weight is 347 g/mol. The number of carbonyl (C=O) groups is 1. The van der Waals surface area contributed by atoms with E-state index in [1.165, 1.54) is 0 Å². The summed E-state index contributed by atoms with van der Waals surface area (Å²) < 4.78 is 11.2. The van der Waals surface area contributed by atoms with Crippen molar-refractivity contribution in [2.75, 3.05) is 25.2 Å². The molecule has 0 spiro atoms. The van der Waals surface area contributed by atoms with Crippen molar-refractivity contribution >= 4 is 22.4 Å². The van der Waals surface area contributed by atoms with Gasteiger partial charge in [0.05, 0.1) is 11.6 Å². The Balaban J connectivity index is 1.64. The van der Waals surface area contributed by atoms with Crippen molar-refractivity contribution in [1.29, 1.82) is 0 Å². The fourth-order valence-electron chi connectivity index (χ4n) is 3.38. The molecule has 132 valence electrons. The number of benzene rings is 3. The van der Waals surface area contributed by atoms with Crippen LogP contribution in [-0.4, -0.2) is 26.2 Å². The molecule has 0 bridgehead atoms. The SMILES string of the molecule is CC(C(=O)N(C)c1cccc2ccccc12)c1ccc2c(c1)OCCO2. The second-order valence-electron chi connectivity index (χ2n) is 6.52. The maximum absolute atomic E-state index is 13.1. The van der Waals surface area contributed by atoms with Crippen LogP contribution < -0.4 is 14.4 Å². The molecule has 3 aromatic carbocycles. The molecule has 26 heavy (non-hydrogen) atoms. The quantitative estimate of drug-likeness (QED) is 0.706. The number of fused-ring (bicyclic) bond motifs is 2. The standard InChI is InChI=1S/C22H21NO3/c1-15(17-10-11-20-21(14-17)26-13-12-25-20)22(24)23(2)19-9-5-7-16-6-3-4-8-18(16)19/h3-11,14-15H,12-13H2,1-2H3. The van der Waals surface area contributed by atoms with Crippen molar-refractivity contribution in [3.05, 3.63) is 66.2 Å². The van der Waals surface area contributed by atoms with Gasteiger partial charge in [-0.1, -0.05) is 42.5 Å². The lowest BCUT2D eigenvalue weighted by Gasteiger charge is -2.24. The van der Waals surface area contributed by atoms with E-state index in [0.29, 0.717) is 19.0 Å². The smallest absolute Gasteiger partial charge is 0.234 e. The van der Waals surface area contributed by atoms with Gasteiger partial charge in [0.1, 0.15) is 13.2 Å². The molecule has 3 aromatic rings. The Labute approximate surface area is 153 Å². The Morgan fingerprint density at radius 3 is 2.54 bits per heavy atom. The third-order valence-electron chi connectivity index (χ3n) is 4.90. The minimum absolute atomic E-state index is 0.0398. The van der Waals surface area contributed by atoms with E-state index in [1.807, 2.05) is 62.5 Å². The molecule has 0 aliphatic carbocycles. The molecule has 4 rings (SSSR count). The van der Waals surface area contributed by atoms with Crippen LogP contribution in [0.25, 0.3) is 10.8 Å². The molecule has 4 heteroatoms. The number of ether oxygens (including phenoxy) is 2. The predicted octanol–water partition coefficient (Wildman–Crippen LogP) is 4.38. The molecule has 1 unspecified atom stereocenters. The first-order chi connectivity index (χ1) is 12.6. The van der Waals surface area contributed by atoms with Gasteiger partial charge in [0.25, 0.3) is 0 Å². The van der Waals surface area contributed by atoms with E-state index >= 15 is 0 Å². The van der Waals surface area contributed by atoms with Gasteiger partial charge >= 0.3 is 0 Å². The Kier molecular flexibility index (Phi) is 4.25. The van der Waals surface area contributed by atoms with Crippen LogP contribution in [0.4, 0.5) is 5.69 Å². The number of nitrogens with zero attached hydrogens (tertiary/aromatic N) is 1. The summed E-state index contributed by atoms with van der Waals surface area (Å²) in [4.78, 5) is 14.8. The molecule has 0 radical (unpaired) electrons. The van der Waals surface area contributed by atoms with Crippen LogP contribution in [-0.2, 0) is 4.79 Å². The third-order valence-corrected chi connectivity index (χ3v) is 4.90. The lowest BCUT2D eigenvalue weighted by Crippen LogP contribution is -2.30. The molecular weight excluding hydrogens is 326 g/mol. The summed E-state index contributed by atoms with van der Waals surface area (Å²) in [6.45, 7) is 3.02. The molecule has 0 fully saturated rings. The van der Waals surface area contributed by atoms with Crippen LogP contribution in [0.1, 0.15) is 18.4 Å². The first-order valence-corrected chi connectivity index (χ1v) is 8.80. The van der Waals surface area contributed by atoms with E-state index in [2.05, 4.69) is 12.1 Å². The van der Waals surface area contributed by atoms with E-state index in [0.717, 1.165) is 27.8 Å². The number of carbonyl (C=O) groups excluding carboxylic acids is 1. The predicted molar refractivity (Wildman–Crippen MR) is 103 cm³/mol. The fourth-order valence-corrected chi connectivity index (χ4v) is 3.38. The summed E-state index contributed by atoms with van der Waals surface area (Å²) in [6.07, 6.45) is 0. The van der Waals surface area contributed by atoms with E-state index in [-0.39, 0.29) is 11.8 Å². The van der Waals surface area contributed by atoms with Crippen LogP contribution in [0.15, 0.2) is 60.7 Å². The number of hydrogen-bond acceptors (Lipinski definition) is 3. The van der Waals surface area contributed by atoms with Crippen molar-refractivity contribution in [2.45, 2.75) is 12.8 Å².